The highest BCUT2D eigenvalue weighted by Gasteiger charge is 2.12. The van der Waals surface area contributed by atoms with Gasteiger partial charge in [-0.15, -0.1) is 11.3 Å². The van der Waals surface area contributed by atoms with Crippen molar-refractivity contribution in [1.82, 2.24) is 4.98 Å². The maximum absolute atomic E-state index is 10.3. The van der Waals surface area contributed by atoms with E-state index in [1.807, 2.05) is 41.8 Å². The van der Waals surface area contributed by atoms with Crippen LogP contribution in [0.2, 0.25) is 5.02 Å². The summed E-state index contributed by atoms with van der Waals surface area (Å²) in [6, 6.07) is 11.6. The van der Waals surface area contributed by atoms with Crippen LogP contribution in [-0.2, 0) is 6.42 Å². The molecule has 2 nitrogen and oxygen atoms in total. The third-order valence-electron chi connectivity index (χ3n) is 3.08. The molecular formula is C15H12ClNOS. The van der Waals surface area contributed by atoms with Crippen LogP contribution < -0.4 is 0 Å². The second-order valence-electron chi connectivity index (χ2n) is 4.38. The van der Waals surface area contributed by atoms with E-state index in [1.165, 1.54) is 0 Å². The SMILES string of the molecule is OC(Cc1ccccc1Cl)c1cnc2ccsc2c1. The first-order valence-corrected chi connectivity index (χ1v) is 7.24. The molecule has 0 aliphatic heterocycles. The minimum atomic E-state index is -0.584. The van der Waals surface area contributed by atoms with Crippen molar-refractivity contribution in [3.63, 3.8) is 0 Å². The number of halogens is 1. The fraction of sp³-hybridized carbons (Fsp3) is 0.133. The smallest absolute Gasteiger partial charge is 0.0846 e. The van der Waals surface area contributed by atoms with Crippen molar-refractivity contribution in [2.45, 2.75) is 12.5 Å². The van der Waals surface area contributed by atoms with Gasteiger partial charge in [0.05, 0.1) is 16.3 Å². The Morgan fingerprint density at radius 3 is 2.95 bits per heavy atom. The summed E-state index contributed by atoms with van der Waals surface area (Å²) < 4.78 is 1.09. The van der Waals surface area contributed by atoms with Gasteiger partial charge in [-0.2, -0.15) is 0 Å². The molecule has 0 saturated carbocycles. The van der Waals surface area contributed by atoms with Crippen LogP contribution in [-0.4, -0.2) is 10.1 Å². The lowest BCUT2D eigenvalue weighted by atomic mass is 10.0. The molecule has 2 aromatic heterocycles. The Kier molecular flexibility index (Phi) is 3.51. The average Bonchev–Trinajstić information content (AvgIpc) is 2.88. The summed E-state index contributed by atoms with van der Waals surface area (Å²) in [5.41, 5.74) is 2.75. The number of nitrogens with zero attached hydrogens (tertiary/aromatic N) is 1. The fourth-order valence-electron chi connectivity index (χ4n) is 2.03. The van der Waals surface area contributed by atoms with E-state index >= 15 is 0 Å². The van der Waals surface area contributed by atoms with Crippen LogP contribution in [0.4, 0.5) is 0 Å². The highest BCUT2D eigenvalue weighted by Crippen LogP contribution is 2.26. The summed E-state index contributed by atoms with van der Waals surface area (Å²) >= 11 is 7.74. The molecule has 0 saturated heterocycles. The normalized spacial score (nSPS) is 12.7. The zero-order chi connectivity index (χ0) is 13.2. The maximum Gasteiger partial charge on any atom is 0.0846 e. The summed E-state index contributed by atoms with van der Waals surface area (Å²) in [5, 5.41) is 13.0. The molecule has 0 aliphatic carbocycles. The number of benzene rings is 1. The first-order chi connectivity index (χ1) is 9.24. The molecule has 0 aliphatic rings. The molecule has 3 aromatic rings. The molecule has 0 fully saturated rings. The molecule has 3 rings (SSSR count). The summed E-state index contributed by atoms with van der Waals surface area (Å²) in [6.07, 6.45) is 1.65. The van der Waals surface area contributed by atoms with Crippen molar-refractivity contribution in [3.8, 4) is 0 Å². The number of pyridine rings is 1. The van der Waals surface area contributed by atoms with Crippen molar-refractivity contribution < 1.29 is 5.11 Å². The lowest BCUT2D eigenvalue weighted by molar-refractivity contribution is 0.178. The van der Waals surface area contributed by atoms with Gasteiger partial charge in [0.2, 0.25) is 0 Å². The van der Waals surface area contributed by atoms with Crippen LogP contribution >= 0.6 is 22.9 Å². The molecule has 0 radical (unpaired) electrons. The Morgan fingerprint density at radius 1 is 1.26 bits per heavy atom. The van der Waals surface area contributed by atoms with Gasteiger partial charge in [-0.05, 0) is 29.1 Å². The predicted octanol–water partition coefficient (Wildman–Crippen LogP) is 4.23. The molecule has 1 atom stereocenters. The van der Waals surface area contributed by atoms with Crippen molar-refractivity contribution in [2.75, 3.05) is 0 Å². The van der Waals surface area contributed by atoms with Gasteiger partial charge in [-0.25, -0.2) is 0 Å². The number of thiophene rings is 1. The van der Waals surface area contributed by atoms with Crippen molar-refractivity contribution >= 4 is 33.2 Å². The predicted molar refractivity (Wildman–Crippen MR) is 79.7 cm³/mol. The number of aromatic nitrogens is 1. The lowest BCUT2D eigenvalue weighted by Crippen LogP contribution is -2.02. The zero-order valence-electron chi connectivity index (χ0n) is 10.1. The van der Waals surface area contributed by atoms with Crippen molar-refractivity contribution in [3.05, 3.63) is 64.1 Å². The monoisotopic (exact) mass is 289 g/mol. The molecule has 1 unspecified atom stereocenters. The zero-order valence-corrected chi connectivity index (χ0v) is 11.7. The van der Waals surface area contributed by atoms with Gasteiger partial charge < -0.3 is 5.11 Å². The minimum absolute atomic E-state index is 0.498. The third-order valence-corrected chi connectivity index (χ3v) is 4.30. The molecule has 96 valence electrons. The Labute approximate surface area is 120 Å². The molecule has 4 heteroatoms. The Balaban J connectivity index is 1.87. The number of hydrogen-bond acceptors (Lipinski definition) is 3. The third kappa shape index (κ3) is 2.63. The van der Waals surface area contributed by atoms with Crippen LogP contribution in [0.15, 0.2) is 48.0 Å². The van der Waals surface area contributed by atoms with Gasteiger partial charge in [-0.1, -0.05) is 29.8 Å². The first kappa shape index (κ1) is 12.6. The topological polar surface area (TPSA) is 33.1 Å². The number of aliphatic hydroxyl groups is 1. The van der Waals surface area contributed by atoms with Crippen LogP contribution in [0.1, 0.15) is 17.2 Å². The molecule has 1 aromatic carbocycles. The molecule has 1 N–H and O–H groups in total. The Morgan fingerprint density at radius 2 is 2.11 bits per heavy atom. The van der Waals surface area contributed by atoms with Crippen molar-refractivity contribution in [2.24, 2.45) is 0 Å². The highest BCUT2D eigenvalue weighted by atomic mass is 35.5. The molecule has 0 spiro atoms. The molecule has 0 amide bonds. The summed E-state index contributed by atoms with van der Waals surface area (Å²) in [5.74, 6) is 0. The number of hydrogen-bond donors (Lipinski definition) is 1. The van der Waals surface area contributed by atoms with Gasteiger partial charge >= 0.3 is 0 Å². The van der Waals surface area contributed by atoms with E-state index in [4.69, 9.17) is 11.6 Å². The van der Waals surface area contributed by atoms with E-state index in [0.717, 1.165) is 21.3 Å². The highest BCUT2D eigenvalue weighted by molar-refractivity contribution is 7.17. The minimum Gasteiger partial charge on any atom is -0.388 e. The van der Waals surface area contributed by atoms with Crippen LogP contribution in [0.3, 0.4) is 0 Å². The van der Waals surface area contributed by atoms with Crippen LogP contribution in [0.25, 0.3) is 10.2 Å². The van der Waals surface area contributed by atoms with Gasteiger partial charge in [-0.3, -0.25) is 4.98 Å². The van der Waals surface area contributed by atoms with E-state index in [0.29, 0.717) is 11.4 Å². The van der Waals surface area contributed by atoms with Gasteiger partial charge in [0.15, 0.2) is 0 Å². The van der Waals surface area contributed by atoms with E-state index in [1.54, 1.807) is 17.5 Å². The second-order valence-corrected chi connectivity index (χ2v) is 5.74. The van der Waals surface area contributed by atoms with Gasteiger partial charge in [0.1, 0.15) is 0 Å². The van der Waals surface area contributed by atoms with E-state index in [-0.39, 0.29) is 0 Å². The summed E-state index contributed by atoms with van der Waals surface area (Å²) in [4.78, 5) is 4.34. The van der Waals surface area contributed by atoms with Gasteiger partial charge in [0.25, 0.3) is 0 Å². The fourth-order valence-corrected chi connectivity index (χ4v) is 3.04. The van der Waals surface area contributed by atoms with E-state index < -0.39 is 6.10 Å². The number of aliphatic hydroxyl groups excluding tert-OH is 1. The van der Waals surface area contributed by atoms with Gasteiger partial charge in [0, 0.05) is 23.2 Å². The Bertz CT molecular complexity index is 710. The largest absolute Gasteiger partial charge is 0.388 e. The summed E-state index contributed by atoms with van der Waals surface area (Å²) in [6.45, 7) is 0. The average molecular weight is 290 g/mol. The number of fused-ring (bicyclic) bond motifs is 1. The maximum atomic E-state index is 10.3. The second kappa shape index (κ2) is 5.29. The molecule has 0 bridgehead atoms. The summed E-state index contributed by atoms with van der Waals surface area (Å²) in [7, 11) is 0. The standard InChI is InChI=1S/C15H12ClNOS/c16-12-4-2-1-3-10(12)7-14(18)11-8-15-13(17-9-11)5-6-19-15/h1-6,8-9,14,18H,7H2. The molecule has 19 heavy (non-hydrogen) atoms. The van der Waals surface area contributed by atoms with E-state index in [2.05, 4.69) is 4.98 Å². The van der Waals surface area contributed by atoms with Crippen molar-refractivity contribution in [1.29, 1.82) is 0 Å². The van der Waals surface area contributed by atoms with Crippen LogP contribution in [0, 0.1) is 0 Å². The Hall–Kier alpha value is -1.42. The molecule has 2 heterocycles. The van der Waals surface area contributed by atoms with Crippen LogP contribution in [0.5, 0.6) is 0 Å². The lowest BCUT2D eigenvalue weighted by Gasteiger charge is -2.11. The first-order valence-electron chi connectivity index (χ1n) is 5.98. The number of rotatable bonds is 3. The quantitative estimate of drug-likeness (QED) is 0.783. The van der Waals surface area contributed by atoms with E-state index in [9.17, 15) is 5.11 Å². The molecular weight excluding hydrogens is 278 g/mol.